The van der Waals surface area contributed by atoms with Gasteiger partial charge in [-0.1, -0.05) is 30.0 Å². The maximum absolute atomic E-state index is 12.3. The van der Waals surface area contributed by atoms with Gasteiger partial charge in [0.2, 0.25) is 0 Å². The zero-order valence-corrected chi connectivity index (χ0v) is 15.5. The van der Waals surface area contributed by atoms with Crippen molar-refractivity contribution in [2.75, 3.05) is 13.2 Å². The largest absolute Gasteiger partial charge is 0.465 e. The number of thioether (sulfide) groups is 1. The molecule has 134 valence electrons. The molecule has 2 aromatic rings. The van der Waals surface area contributed by atoms with Gasteiger partial charge in [-0.05, 0) is 43.0 Å². The van der Waals surface area contributed by atoms with Crippen LogP contribution in [0.1, 0.15) is 12.7 Å². The summed E-state index contributed by atoms with van der Waals surface area (Å²) in [6.45, 7) is 1.47. The van der Waals surface area contributed by atoms with Gasteiger partial charge in [-0.3, -0.25) is 19.3 Å². The number of imide groups is 1. The average molecular weight is 389 g/mol. The lowest BCUT2D eigenvalue weighted by molar-refractivity contribution is -0.145. The first-order chi connectivity index (χ1) is 12.6. The van der Waals surface area contributed by atoms with E-state index in [1.54, 1.807) is 19.1 Å². The van der Waals surface area contributed by atoms with Crippen LogP contribution in [-0.2, 0) is 14.3 Å². The molecule has 1 aliphatic heterocycles. The summed E-state index contributed by atoms with van der Waals surface area (Å²) in [5.74, 6) is -0.678. The van der Waals surface area contributed by atoms with E-state index in [2.05, 4.69) is 0 Å². The molecule has 0 saturated carbocycles. The normalized spacial score (nSPS) is 15.7. The molecule has 2 amide bonds. The highest BCUT2D eigenvalue weighted by Gasteiger charge is 2.36. The monoisotopic (exact) mass is 389 g/mol. The van der Waals surface area contributed by atoms with Crippen LogP contribution in [0.5, 0.6) is 0 Å². The highest BCUT2D eigenvalue weighted by molar-refractivity contribution is 8.18. The van der Waals surface area contributed by atoms with Crippen molar-refractivity contribution >= 4 is 46.7 Å². The fraction of sp³-hybridized carbons (Fsp3) is 0.167. The molecule has 8 heteroatoms. The molecule has 1 fully saturated rings. The van der Waals surface area contributed by atoms with E-state index in [9.17, 15) is 14.4 Å². The van der Waals surface area contributed by atoms with Crippen LogP contribution in [0, 0.1) is 0 Å². The number of hydrogen-bond donors (Lipinski definition) is 0. The van der Waals surface area contributed by atoms with Gasteiger partial charge in [0, 0.05) is 11.0 Å². The quantitative estimate of drug-likeness (QED) is 0.545. The Labute approximate surface area is 158 Å². The molecule has 3 rings (SSSR count). The van der Waals surface area contributed by atoms with Crippen LogP contribution < -0.4 is 0 Å². The maximum Gasteiger partial charge on any atom is 0.326 e. The number of benzene rings is 1. The van der Waals surface area contributed by atoms with E-state index in [-0.39, 0.29) is 18.1 Å². The van der Waals surface area contributed by atoms with Gasteiger partial charge in [0.15, 0.2) is 5.09 Å². The zero-order chi connectivity index (χ0) is 18.5. The van der Waals surface area contributed by atoms with Crippen LogP contribution in [0.2, 0.25) is 0 Å². The first-order valence-electron chi connectivity index (χ1n) is 7.80. The number of amides is 2. The van der Waals surface area contributed by atoms with E-state index in [1.165, 1.54) is 17.8 Å². The van der Waals surface area contributed by atoms with E-state index < -0.39 is 17.1 Å². The second kappa shape index (κ2) is 8.29. The molecule has 0 unspecified atom stereocenters. The number of rotatable bonds is 6. The maximum atomic E-state index is 12.3. The second-order valence-electron chi connectivity index (χ2n) is 5.14. The summed E-state index contributed by atoms with van der Waals surface area (Å²) < 4.78 is 10.5. The van der Waals surface area contributed by atoms with Gasteiger partial charge in [-0.2, -0.15) is 0 Å². The Hall–Kier alpha value is -2.45. The molecule has 0 bridgehead atoms. The van der Waals surface area contributed by atoms with Gasteiger partial charge in [0.1, 0.15) is 12.3 Å². The summed E-state index contributed by atoms with van der Waals surface area (Å²) in [6.07, 6.45) is 1.51. The van der Waals surface area contributed by atoms with E-state index in [1.807, 2.05) is 30.3 Å². The van der Waals surface area contributed by atoms with Gasteiger partial charge in [-0.15, -0.1) is 0 Å². The molecule has 0 N–H and O–H groups in total. The minimum atomic E-state index is -0.615. The third-order valence-electron chi connectivity index (χ3n) is 3.30. The first kappa shape index (κ1) is 18.3. The smallest absolute Gasteiger partial charge is 0.326 e. The van der Waals surface area contributed by atoms with E-state index in [4.69, 9.17) is 9.15 Å². The Morgan fingerprint density at radius 1 is 1.23 bits per heavy atom. The van der Waals surface area contributed by atoms with Crippen molar-refractivity contribution in [2.24, 2.45) is 0 Å². The highest BCUT2D eigenvalue weighted by atomic mass is 32.2. The lowest BCUT2D eigenvalue weighted by atomic mass is 10.3. The predicted octanol–water partition coefficient (Wildman–Crippen LogP) is 4.03. The van der Waals surface area contributed by atoms with E-state index >= 15 is 0 Å². The Bertz CT molecular complexity index is 859. The Balaban J connectivity index is 1.69. The topological polar surface area (TPSA) is 76.8 Å². The molecule has 1 aliphatic rings. The molecule has 2 heterocycles. The van der Waals surface area contributed by atoms with Crippen LogP contribution in [0.4, 0.5) is 4.79 Å². The van der Waals surface area contributed by atoms with Crippen molar-refractivity contribution in [1.29, 1.82) is 0 Å². The lowest BCUT2D eigenvalue weighted by Gasteiger charge is -2.10. The summed E-state index contributed by atoms with van der Waals surface area (Å²) in [6, 6.07) is 13.3. The van der Waals surface area contributed by atoms with Crippen molar-refractivity contribution < 1.29 is 23.5 Å². The Morgan fingerprint density at radius 3 is 2.73 bits per heavy atom. The summed E-state index contributed by atoms with van der Waals surface area (Å²) >= 11 is 2.23. The lowest BCUT2D eigenvalue weighted by Crippen LogP contribution is -2.34. The molecule has 1 aromatic heterocycles. The summed E-state index contributed by atoms with van der Waals surface area (Å²) in [4.78, 5) is 37.9. The first-order valence-corrected chi connectivity index (χ1v) is 9.44. The van der Waals surface area contributed by atoms with Crippen LogP contribution in [0.3, 0.4) is 0 Å². The number of carbonyl (C=O) groups is 3. The third-order valence-corrected chi connectivity index (χ3v) is 5.14. The van der Waals surface area contributed by atoms with Crippen LogP contribution in [0.25, 0.3) is 6.08 Å². The van der Waals surface area contributed by atoms with E-state index in [0.717, 1.165) is 21.6 Å². The van der Waals surface area contributed by atoms with Crippen LogP contribution in [0.15, 0.2) is 61.8 Å². The summed E-state index contributed by atoms with van der Waals surface area (Å²) in [5.41, 5.74) is 0. The molecule has 0 aliphatic carbocycles. The fourth-order valence-electron chi connectivity index (χ4n) is 2.17. The number of carbonyl (C=O) groups excluding carboxylic acids is 3. The number of hydrogen-bond acceptors (Lipinski definition) is 7. The molecule has 26 heavy (non-hydrogen) atoms. The fourth-order valence-corrected chi connectivity index (χ4v) is 3.79. The standard InChI is InChI=1S/C18H15NO5S2/c1-2-23-15(20)11-19-17(21)14(26-18(19)22)10-12-8-9-16(24-12)25-13-6-4-3-5-7-13/h3-10H,2,11H2,1H3/b14-10-. The molecule has 6 nitrogen and oxygen atoms in total. The molecule has 0 spiro atoms. The Morgan fingerprint density at radius 2 is 2.00 bits per heavy atom. The SMILES string of the molecule is CCOC(=O)CN1C(=O)S/C(=C\c2ccc(Sc3ccccc3)o2)C1=O. The third kappa shape index (κ3) is 4.39. The number of furan rings is 1. The summed E-state index contributed by atoms with van der Waals surface area (Å²) in [5, 5.41) is 0.174. The van der Waals surface area contributed by atoms with Crippen molar-refractivity contribution in [3.63, 3.8) is 0 Å². The average Bonchev–Trinajstić information content (AvgIpc) is 3.16. The van der Waals surface area contributed by atoms with Crippen molar-refractivity contribution in [3.05, 3.63) is 53.1 Å². The molecule has 1 aromatic carbocycles. The van der Waals surface area contributed by atoms with Crippen molar-refractivity contribution in [3.8, 4) is 0 Å². The number of ether oxygens (including phenoxy) is 1. The van der Waals surface area contributed by atoms with Gasteiger partial charge in [-0.25, -0.2) is 0 Å². The van der Waals surface area contributed by atoms with Crippen LogP contribution in [-0.4, -0.2) is 35.2 Å². The summed E-state index contributed by atoms with van der Waals surface area (Å²) in [7, 11) is 0. The number of nitrogens with zero attached hydrogens (tertiary/aromatic N) is 1. The van der Waals surface area contributed by atoms with Gasteiger partial charge in [0.05, 0.1) is 11.5 Å². The van der Waals surface area contributed by atoms with Gasteiger partial charge >= 0.3 is 5.97 Å². The Kier molecular flexibility index (Phi) is 5.85. The zero-order valence-electron chi connectivity index (χ0n) is 13.8. The molecular weight excluding hydrogens is 374 g/mol. The van der Waals surface area contributed by atoms with Crippen molar-refractivity contribution in [2.45, 2.75) is 16.9 Å². The second-order valence-corrected chi connectivity index (χ2v) is 7.22. The van der Waals surface area contributed by atoms with Crippen molar-refractivity contribution in [1.82, 2.24) is 4.90 Å². The van der Waals surface area contributed by atoms with Gasteiger partial charge < -0.3 is 9.15 Å². The predicted molar refractivity (Wildman–Crippen MR) is 98.6 cm³/mol. The minimum absolute atomic E-state index is 0.194. The van der Waals surface area contributed by atoms with E-state index in [0.29, 0.717) is 10.9 Å². The number of esters is 1. The molecule has 0 radical (unpaired) electrons. The molecule has 0 atom stereocenters. The molecule has 1 saturated heterocycles. The highest BCUT2D eigenvalue weighted by Crippen LogP contribution is 2.34. The molecular formula is C18H15NO5S2. The minimum Gasteiger partial charge on any atom is -0.465 e. The van der Waals surface area contributed by atoms with Crippen LogP contribution >= 0.6 is 23.5 Å². The van der Waals surface area contributed by atoms with Gasteiger partial charge in [0.25, 0.3) is 11.1 Å².